The van der Waals surface area contributed by atoms with Gasteiger partial charge in [0, 0.05) is 22.3 Å². The quantitative estimate of drug-likeness (QED) is 0.579. The maximum absolute atomic E-state index is 12.4. The van der Waals surface area contributed by atoms with Gasteiger partial charge in [0.15, 0.2) is 11.5 Å². The fraction of sp³-hybridized carbons (Fsp3) is 0.227. The molecule has 0 aliphatic carbocycles. The molecule has 0 radical (unpaired) electrons. The fourth-order valence-electron chi connectivity index (χ4n) is 2.91. The Morgan fingerprint density at radius 3 is 2.45 bits per heavy atom. The number of nitrogens with one attached hydrogen (secondary N) is 1. The summed E-state index contributed by atoms with van der Waals surface area (Å²) in [5, 5.41) is 3.54. The molecule has 7 heteroatoms. The van der Waals surface area contributed by atoms with Crippen molar-refractivity contribution in [2.24, 2.45) is 0 Å². The molecule has 1 N–H and O–H groups in total. The number of halogens is 1. The molecule has 0 aliphatic heterocycles. The summed E-state index contributed by atoms with van der Waals surface area (Å²) >= 11 is 5.92. The standard InChI is InChI=1S/C22H23ClN2O4/c1-25(13-18-9-11-19(29-18)15-4-6-16(23)7-5-15)14-22(26)24-17-8-10-20(27-2)21(12-17)28-3/h4-12H,13-14H2,1-3H3,(H,24,26). The molecular weight excluding hydrogens is 392 g/mol. The van der Waals surface area contributed by atoms with E-state index < -0.39 is 0 Å². The number of carbonyl (C=O) groups is 1. The molecule has 2 aromatic carbocycles. The molecule has 29 heavy (non-hydrogen) atoms. The number of amides is 1. The van der Waals surface area contributed by atoms with Gasteiger partial charge in [0.1, 0.15) is 11.5 Å². The molecule has 0 bridgehead atoms. The Labute approximate surface area is 175 Å². The number of anilines is 1. The molecule has 1 aromatic heterocycles. The molecule has 0 saturated heterocycles. The van der Waals surface area contributed by atoms with E-state index in [1.807, 2.05) is 48.3 Å². The van der Waals surface area contributed by atoms with Gasteiger partial charge in [0.05, 0.1) is 27.3 Å². The highest BCUT2D eigenvalue weighted by molar-refractivity contribution is 6.30. The number of methoxy groups -OCH3 is 2. The summed E-state index contributed by atoms with van der Waals surface area (Å²) in [4.78, 5) is 14.2. The summed E-state index contributed by atoms with van der Waals surface area (Å²) in [6, 6.07) is 16.5. The van der Waals surface area contributed by atoms with Crippen molar-refractivity contribution in [1.82, 2.24) is 4.90 Å². The van der Waals surface area contributed by atoms with E-state index in [4.69, 9.17) is 25.5 Å². The minimum Gasteiger partial charge on any atom is -0.493 e. The molecule has 0 spiro atoms. The first-order chi connectivity index (χ1) is 14.0. The largest absolute Gasteiger partial charge is 0.493 e. The van der Waals surface area contributed by atoms with Crippen LogP contribution in [0.25, 0.3) is 11.3 Å². The van der Waals surface area contributed by atoms with Crippen LogP contribution in [0.3, 0.4) is 0 Å². The third-order valence-corrected chi connectivity index (χ3v) is 4.55. The molecular formula is C22H23ClN2O4. The van der Waals surface area contributed by atoms with Crippen molar-refractivity contribution in [1.29, 1.82) is 0 Å². The first-order valence-electron chi connectivity index (χ1n) is 9.03. The number of likely N-dealkylation sites (N-methyl/N-ethyl adjacent to an activating group) is 1. The molecule has 3 aromatic rings. The van der Waals surface area contributed by atoms with Gasteiger partial charge in [-0.15, -0.1) is 0 Å². The van der Waals surface area contributed by atoms with Crippen molar-refractivity contribution in [3.05, 3.63) is 65.4 Å². The van der Waals surface area contributed by atoms with Crippen molar-refractivity contribution < 1.29 is 18.7 Å². The van der Waals surface area contributed by atoms with Gasteiger partial charge >= 0.3 is 0 Å². The summed E-state index contributed by atoms with van der Waals surface area (Å²) in [5.74, 6) is 2.57. The van der Waals surface area contributed by atoms with E-state index in [0.29, 0.717) is 28.8 Å². The van der Waals surface area contributed by atoms with E-state index in [0.717, 1.165) is 17.1 Å². The van der Waals surface area contributed by atoms with E-state index in [-0.39, 0.29) is 12.5 Å². The van der Waals surface area contributed by atoms with E-state index in [1.165, 1.54) is 0 Å². The highest BCUT2D eigenvalue weighted by Gasteiger charge is 2.12. The zero-order chi connectivity index (χ0) is 20.8. The summed E-state index contributed by atoms with van der Waals surface area (Å²) in [5.41, 5.74) is 1.60. The number of hydrogen-bond acceptors (Lipinski definition) is 5. The number of rotatable bonds is 8. The average Bonchev–Trinajstić information content (AvgIpc) is 3.16. The van der Waals surface area contributed by atoms with Gasteiger partial charge in [-0.25, -0.2) is 0 Å². The van der Waals surface area contributed by atoms with Crippen LogP contribution in [-0.2, 0) is 11.3 Å². The van der Waals surface area contributed by atoms with Gasteiger partial charge in [0.2, 0.25) is 5.91 Å². The smallest absolute Gasteiger partial charge is 0.238 e. The van der Waals surface area contributed by atoms with Gasteiger partial charge in [0.25, 0.3) is 0 Å². The Bertz CT molecular complexity index is 969. The average molecular weight is 415 g/mol. The van der Waals surface area contributed by atoms with Crippen LogP contribution < -0.4 is 14.8 Å². The Morgan fingerprint density at radius 1 is 1.03 bits per heavy atom. The predicted octanol–water partition coefficient (Wildman–Crippen LogP) is 4.69. The Kier molecular flexibility index (Phi) is 6.80. The lowest BCUT2D eigenvalue weighted by atomic mass is 10.2. The fourth-order valence-corrected chi connectivity index (χ4v) is 3.04. The highest BCUT2D eigenvalue weighted by atomic mass is 35.5. The minimum atomic E-state index is -0.135. The third-order valence-electron chi connectivity index (χ3n) is 4.30. The number of ether oxygens (including phenoxy) is 2. The van der Waals surface area contributed by atoms with Crippen LogP contribution >= 0.6 is 11.6 Å². The van der Waals surface area contributed by atoms with Crippen molar-refractivity contribution in [2.45, 2.75) is 6.54 Å². The van der Waals surface area contributed by atoms with Crippen molar-refractivity contribution in [3.63, 3.8) is 0 Å². The summed E-state index contributed by atoms with van der Waals surface area (Å²) < 4.78 is 16.4. The second-order valence-corrected chi connectivity index (χ2v) is 7.00. The molecule has 0 saturated carbocycles. The predicted molar refractivity (Wildman–Crippen MR) is 114 cm³/mol. The van der Waals surface area contributed by atoms with E-state index in [2.05, 4.69) is 5.32 Å². The Hall–Kier alpha value is -2.96. The maximum Gasteiger partial charge on any atom is 0.238 e. The molecule has 1 heterocycles. The van der Waals surface area contributed by atoms with E-state index >= 15 is 0 Å². The molecule has 0 atom stereocenters. The van der Waals surface area contributed by atoms with Crippen LogP contribution in [-0.4, -0.2) is 38.6 Å². The van der Waals surface area contributed by atoms with Crippen LogP contribution in [0.4, 0.5) is 5.69 Å². The lowest BCUT2D eigenvalue weighted by molar-refractivity contribution is -0.117. The zero-order valence-electron chi connectivity index (χ0n) is 16.6. The van der Waals surface area contributed by atoms with Gasteiger partial charge in [-0.1, -0.05) is 11.6 Å². The molecule has 0 aliphatic rings. The number of nitrogens with zero attached hydrogens (tertiary/aromatic N) is 1. The normalized spacial score (nSPS) is 10.8. The molecule has 6 nitrogen and oxygen atoms in total. The molecule has 1 amide bonds. The Balaban J connectivity index is 1.56. The van der Waals surface area contributed by atoms with Crippen LogP contribution in [0, 0.1) is 0 Å². The summed E-state index contributed by atoms with van der Waals surface area (Å²) in [6.07, 6.45) is 0. The molecule has 0 fully saturated rings. The van der Waals surface area contributed by atoms with Crippen LogP contribution in [0.15, 0.2) is 59.0 Å². The van der Waals surface area contributed by atoms with Crippen LogP contribution in [0.1, 0.15) is 5.76 Å². The lowest BCUT2D eigenvalue weighted by Crippen LogP contribution is -2.29. The Morgan fingerprint density at radius 2 is 1.76 bits per heavy atom. The van der Waals surface area contributed by atoms with Gasteiger partial charge in [-0.2, -0.15) is 0 Å². The topological polar surface area (TPSA) is 63.9 Å². The zero-order valence-corrected chi connectivity index (χ0v) is 17.3. The molecule has 3 rings (SSSR count). The number of benzene rings is 2. The van der Waals surface area contributed by atoms with Gasteiger partial charge in [-0.3, -0.25) is 9.69 Å². The minimum absolute atomic E-state index is 0.135. The van der Waals surface area contributed by atoms with E-state index in [9.17, 15) is 4.79 Å². The molecule has 0 unspecified atom stereocenters. The van der Waals surface area contributed by atoms with Crippen LogP contribution in [0.5, 0.6) is 11.5 Å². The lowest BCUT2D eigenvalue weighted by Gasteiger charge is -2.15. The van der Waals surface area contributed by atoms with Gasteiger partial charge < -0.3 is 19.2 Å². The van der Waals surface area contributed by atoms with E-state index in [1.54, 1.807) is 32.4 Å². The SMILES string of the molecule is COc1ccc(NC(=O)CN(C)Cc2ccc(-c3ccc(Cl)cc3)o2)cc1OC. The first kappa shape index (κ1) is 20.8. The number of furan rings is 1. The third kappa shape index (κ3) is 5.53. The number of carbonyl (C=O) groups excluding carboxylic acids is 1. The highest BCUT2D eigenvalue weighted by Crippen LogP contribution is 2.29. The van der Waals surface area contributed by atoms with Crippen molar-refractivity contribution in [2.75, 3.05) is 33.1 Å². The van der Waals surface area contributed by atoms with Crippen molar-refractivity contribution in [3.8, 4) is 22.8 Å². The van der Waals surface area contributed by atoms with Crippen molar-refractivity contribution >= 4 is 23.2 Å². The number of hydrogen-bond donors (Lipinski definition) is 1. The monoisotopic (exact) mass is 414 g/mol. The molecule has 152 valence electrons. The second kappa shape index (κ2) is 9.49. The maximum atomic E-state index is 12.4. The summed E-state index contributed by atoms with van der Waals surface area (Å²) in [7, 11) is 4.98. The summed E-state index contributed by atoms with van der Waals surface area (Å²) in [6.45, 7) is 0.721. The first-order valence-corrected chi connectivity index (χ1v) is 9.41. The van der Waals surface area contributed by atoms with Crippen LogP contribution in [0.2, 0.25) is 5.02 Å². The van der Waals surface area contributed by atoms with Gasteiger partial charge in [-0.05, 0) is 55.6 Å². The second-order valence-electron chi connectivity index (χ2n) is 6.56.